The molecule has 0 amide bonds. The van der Waals surface area contributed by atoms with Gasteiger partial charge in [0.2, 0.25) is 0 Å². The zero-order valence-electron chi connectivity index (χ0n) is 15.1. The Morgan fingerprint density at radius 2 is 1.68 bits per heavy atom. The first-order chi connectivity index (χ1) is 11.0. The van der Waals surface area contributed by atoms with E-state index >= 15 is 0 Å². The van der Waals surface area contributed by atoms with Crippen molar-refractivity contribution in [1.82, 2.24) is 9.80 Å². The molecular weight excluding hydrogens is 359 g/mol. The Balaban J connectivity index is 0.00000288. The zero-order valence-corrected chi connectivity index (χ0v) is 16.7. The predicted molar refractivity (Wildman–Crippen MR) is 108 cm³/mol. The van der Waals surface area contributed by atoms with E-state index in [9.17, 15) is 5.11 Å². The summed E-state index contributed by atoms with van der Waals surface area (Å²) in [5.74, 6) is 2.58. The second-order valence-electron chi connectivity index (χ2n) is 6.68. The van der Waals surface area contributed by atoms with Crippen LogP contribution in [0.2, 0.25) is 0 Å². The number of aliphatic hydroxyl groups excluding tert-OH is 1. The van der Waals surface area contributed by atoms with Crippen LogP contribution < -0.4 is 0 Å². The van der Waals surface area contributed by atoms with Gasteiger partial charge in [0, 0.05) is 39.3 Å². The van der Waals surface area contributed by atoms with Crippen molar-refractivity contribution >= 4 is 24.8 Å². The summed E-state index contributed by atoms with van der Waals surface area (Å²) in [6, 6.07) is 10.5. The van der Waals surface area contributed by atoms with E-state index in [1.165, 1.54) is 5.56 Å². The number of terminal acetylenes is 1. The molecule has 0 saturated carbocycles. The predicted octanol–water partition coefficient (Wildman–Crippen LogP) is 2.44. The number of rotatable bonds is 7. The Labute approximate surface area is 164 Å². The van der Waals surface area contributed by atoms with Crippen LogP contribution in [0.25, 0.3) is 0 Å². The maximum absolute atomic E-state index is 10.1. The van der Waals surface area contributed by atoms with Crippen LogP contribution in [0.3, 0.4) is 0 Å². The third-order valence-electron chi connectivity index (χ3n) is 4.17. The first-order valence-corrected chi connectivity index (χ1v) is 8.27. The molecule has 25 heavy (non-hydrogen) atoms. The van der Waals surface area contributed by atoms with Crippen LogP contribution in [0.4, 0.5) is 0 Å². The molecule has 1 atom stereocenters. The summed E-state index contributed by atoms with van der Waals surface area (Å²) < 4.78 is 5.56. The van der Waals surface area contributed by atoms with Crippen LogP contribution in [0.15, 0.2) is 30.3 Å². The second-order valence-corrected chi connectivity index (χ2v) is 6.68. The number of benzene rings is 1. The Morgan fingerprint density at radius 1 is 1.12 bits per heavy atom. The number of aliphatic hydroxyl groups is 1. The average Bonchev–Trinajstić information content (AvgIpc) is 2.56. The summed E-state index contributed by atoms with van der Waals surface area (Å²) in [6.07, 6.45) is 4.89. The van der Waals surface area contributed by atoms with Crippen LogP contribution in [-0.4, -0.2) is 65.9 Å². The van der Waals surface area contributed by atoms with Gasteiger partial charge in [0.05, 0.1) is 12.7 Å². The van der Waals surface area contributed by atoms with Gasteiger partial charge in [-0.3, -0.25) is 9.80 Å². The van der Waals surface area contributed by atoms with Crippen LogP contribution in [-0.2, 0) is 11.3 Å². The molecule has 1 heterocycles. The second kappa shape index (κ2) is 11.7. The van der Waals surface area contributed by atoms with Gasteiger partial charge < -0.3 is 9.84 Å². The molecule has 1 aromatic rings. The van der Waals surface area contributed by atoms with Gasteiger partial charge in [-0.25, -0.2) is 0 Å². The fraction of sp³-hybridized carbons (Fsp3) is 0.579. The lowest BCUT2D eigenvalue weighted by Gasteiger charge is -2.35. The van der Waals surface area contributed by atoms with Gasteiger partial charge in [-0.15, -0.1) is 31.2 Å². The molecule has 1 aliphatic rings. The van der Waals surface area contributed by atoms with Crippen molar-refractivity contribution in [3.8, 4) is 12.3 Å². The zero-order chi connectivity index (χ0) is 16.7. The molecule has 1 saturated heterocycles. The molecule has 0 bridgehead atoms. The largest absolute Gasteiger partial charge is 0.389 e. The van der Waals surface area contributed by atoms with Gasteiger partial charge in [-0.1, -0.05) is 36.3 Å². The van der Waals surface area contributed by atoms with E-state index < -0.39 is 11.7 Å². The molecule has 0 aliphatic carbocycles. The average molecular weight is 389 g/mol. The van der Waals surface area contributed by atoms with Gasteiger partial charge >= 0.3 is 0 Å². The van der Waals surface area contributed by atoms with Crippen molar-refractivity contribution in [1.29, 1.82) is 0 Å². The minimum absolute atomic E-state index is 0. The summed E-state index contributed by atoms with van der Waals surface area (Å²) in [7, 11) is 0. The molecule has 0 spiro atoms. The maximum Gasteiger partial charge on any atom is 0.122 e. The van der Waals surface area contributed by atoms with E-state index in [-0.39, 0.29) is 31.4 Å². The topological polar surface area (TPSA) is 35.9 Å². The summed E-state index contributed by atoms with van der Waals surface area (Å²) in [6.45, 7) is 9.59. The van der Waals surface area contributed by atoms with E-state index in [2.05, 4.69) is 40.0 Å². The number of piperazine rings is 1. The van der Waals surface area contributed by atoms with E-state index in [1.54, 1.807) is 0 Å². The number of β-amino-alcohol motifs (C(OH)–C–C–N with tert-alkyl or cyclic N) is 1. The summed E-state index contributed by atoms with van der Waals surface area (Å²) in [4.78, 5) is 4.74. The molecule has 6 heteroatoms. The van der Waals surface area contributed by atoms with Gasteiger partial charge in [0.25, 0.3) is 0 Å². The van der Waals surface area contributed by atoms with Crippen molar-refractivity contribution in [2.75, 3.05) is 39.3 Å². The number of hydrogen-bond donors (Lipinski definition) is 1. The van der Waals surface area contributed by atoms with E-state index in [0.717, 1.165) is 32.7 Å². The first-order valence-electron chi connectivity index (χ1n) is 8.27. The van der Waals surface area contributed by atoms with Crippen molar-refractivity contribution in [3.05, 3.63) is 35.9 Å². The minimum atomic E-state index is -0.616. The Bertz CT molecular complexity index is 512. The molecule has 4 nitrogen and oxygen atoms in total. The molecule has 1 N–H and O–H groups in total. The van der Waals surface area contributed by atoms with Gasteiger partial charge in [-0.2, -0.15) is 0 Å². The number of hydrogen-bond acceptors (Lipinski definition) is 4. The molecule has 1 unspecified atom stereocenters. The lowest BCUT2D eigenvalue weighted by atomic mass is 10.1. The molecular formula is C19H30Cl2N2O2. The number of nitrogens with zero attached hydrogens (tertiary/aromatic N) is 2. The number of ether oxygens (including phenoxy) is 1. The summed E-state index contributed by atoms with van der Waals surface area (Å²) in [5, 5.41) is 10.1. The normalized spacial score (nSPS) is 17.0. The summed E-state index contributed by atoms with van der Waals surface area (Å²) in [5.41, 5.74) is 0.737. The highest BCUT2D eigenvalue weighted by Gasteiger charge is 2.21. The van der Waals surface area contributed by atoms with E-state index in [0.29, 0.717) is 6.54 Å². The Hall–Kier alpha value is -0.800. The van der Waals surface area contributed by atoms with Crippen molar-refractivity contribution in [2.24, 2.45) is 0 Å². The molecule has 1 aromatic carbocycles. The fourth-order valence-electron chi connectivity index (χ4n) is 2.67. The molecule has 0 radical (unpaired) electrons. The van der Waals surface area contributed by atoms with Crippen LogP contribution >= 0.6 is 24.8 Å². The molecule has 0 aromatic heterocycles. The number of halogens is 2. The third-order valence-corrected chi connectivity index (χ3v) is 4.17. The monoisotopic (exact) mass is 388 g/mol. The van der Waals surface area contributed by atoms with Gasteiger partial charge in [0.1, 0.15) is 5.60 Å². The smallest absolute Gasteiger partial charge is 0.122 e. The van der Waals surface area contributed by atoms with Crippen LogP contribution in [0.5, 0.6) is 0 Å². The molecule has 142 valence electrons. The van der Waals surface area contributed by atoms with Crippen molar-refractivity contribution < 1.29 is 9.84 Å². The standard InChI is InChI=1S/C19H28N2O2.2ClH/c1-4-19(2,3)23-16-18(22)15-21-12-10-20(11-13-21)14-17-8-6-5-7-9-17;;/h1,5-9,18,22H,10-16H2,2-3H3;2*1H. The SMILES string of the molecule is C#CC(C)(C)OCC(O)CN1CCN(Cc2ccccc2)CC1.Cl.Cl. The lowest BCUT2D eigenvalue weighted by Crippen LogP contribution is -2.48. The van der Waals surface area contributed by atoms with Crippen molar-refractivity contribution in [3.63, 3.8) is 0 Å². The Morgan fingerprint density at radius 3 is 2.24 bits per heavy atom. The summed E-state index contributed by atoms with van der Waals surface area (Å²) >= 11 is 0. The molecule has 1 fully saturated rings. The van der Waals surface area contributed by atoms with Crippen LogP contribution in [0, 0.1) is 12.3 Å². The van der Waals surface area contributed by atoms with E-state index in [4.69, 9.17) is 11.2 Å². The highest BCUT2D eigenvalue weighted by atomic mass is 35.5. The molecule has 1 aliphatic heterocycles. The lowest BCUT2D eigenvalue weighted by molar-refractivity contribution is -0.0410. The third kappa shape index (κ3) is 8.91. The minimum Gasteiger partial charge on any atom is -0.389 e. The Kier molecular flexibility index (Phi) is 11.4. The van der Waals surface area contributed by atoms with Crippen molar-refractivity contribution in [2.45, 2.75) is 32.1 Å². The highest BCUT2D eigenvalue weighted by Crippen LogP contribution is 2.10. The van der Waals surface area contributed by atoms with Gasteiger partial charge in [0.15, 0.2) is 0 Å². The highest BCUT2D eigenvalue weighted by molar-refractivity contribution is 5.85. The van der Waals surface area contributed by atoms with E-state index in [1.807, 2.05) is 19.9 Å². The fourth-order valence-corrected chi connectivity index (χ4v) is 2.67. The van der Waals surface area contributed by atoms with Crippen LogP contribution in [0.1, 0.15) is 19.4 Å². The quantitative estimate of drug-likeness (QED) is 0.727. The first kappa shape index (κ1) is 24.2. The van der Waals surface area contributed by atoms with Gasteiger partial charge in [-0.05, 0) is 19.4 Å². The molecule has 2 rings (SSSR count). The maximum atomic E-state index is 10.1.